The van der Waals surface area contributed by atoms with Crippen molar-refractivity contribution < 1.29 is 0 Å². The van der Waals surface area contributed by atoms with Crippen molar-refractivity contribution in [2.45, 2.75) is 64.8 Å². The molecule has 0 aromatic carbocycles. The van der Waals surface area contributed by atoms with Gasteiger partial charge in [-0.3, -0.25) is 0 Å². The van der Waals surface area contributed by atoms with Crippen LogP contribution in [0.15, 0.2) is 0 Å². The molecule has 0 radical (unpaired) electrons. The van der Waals surface area contributed by atoms with Crippen LogP contribution in [0.5, 0.6) is 0 Å². The molecule has 2 nitrogen and oxygen atoms in total. The third-order valence-corrected chi connectivity index (χ3v) is 4.30. The van der Waals surface area contributed by atoms with Crippen LogP contribution in [0.3, 0.4) is 0 Å². The van der Waals surface area contributed by atoms with Gasteiger partial charge in [-0.1, -0.05) is 26.7 Å². The first-order valence-electron chi connectivity index (χ1n) is 7.14. The van der Waals surface area contributed by atoms with Crippen molar-refractivity contribution in [1.29, 1.82) is 0 Å². The molecule has 2 saturated carbocycles. The number of nitrogens with one attached hydrogen (secondary N) is 2. The molecule has 0 spiro atoms. The van der Waals surface area contributed by atoms with E-state index in [1.165, 1.54) is 44.9 Å². The highest BCUT2D eigenvalue weighted by Crippen LogP contribution is 2.42. The highest BCUT2D eigenvalue weighted by atomic mass is 32.1. The lowest BCUT2D eigenvalue weighted by molar-refractivity contribution is 0.235. The van der Waals surface area contributed by atoms with Crippen LogP contribution in [0.1, 0.15) is 58.8 Å². The fourth-order valence-corrected chi connectivity index (χ4v) is 3.41. The van der Waals surface area contributed by atoms with Gasteiger partial charge >= 0.3 is 0 Å². The predicted octanol–water partition coefficient (Wildman–Crippen LogP) is 3.22. The van der Waals surface area contributed by atoms with E-state index in [9.17, 15) is 0 Å². The van der Waals surface area contributed by atoms with Crippen LogP contribution < -0.4 is 10.6 Å². The first-order valence-corrected chi connectivity index (χ1v) is 7.55. The van der Waals surface area contributed by atoms with E-state index in [0.717, 1.165) is 17.6 Å². The Morgan fingerprint density at radius 2 is 1.94 bits per heavy atom. The highest BCUT2D eigenvalue weighted by Gasteiger charge is 2.34. The van der Waals surface area contributed by atoms with Crippen LogP contribution in [0, 0.1) is 11.3 Å². The Kier molecular flexibility index (Phi) is 4.29. The van der Waals surface area contributed by atoms with Crippen LogP contribution >= 0.6 is 12.2 Å². The molecule has 0 bridgehead atoms. The van der Waals surface area contributed by atoms with Crippen LogP contribution in [0.25, 0.3) is 0 Å². The molecule has 0 heterocycles. The molecule has 0 atom stereocenters. The van der Waals surface area contributed by atoms with E-state index in [2.05, 4.69) is 24.5 Å². The van der Waals surface area contributed by atoms with Crippen LogP contribution in [-0.4, -0.2) is 17.7 Å². The lowest BCUT2D eigenvalue weighted by Gasteiger charge is -2.31. The largest absolute Gasteiger partial charge is 0.362 e. The highest BCUT2D eigenvalue weighted by molar-refractivity contribution is 7.80. The number of hydrogen-bond acceptors (Lipinski definition) is 1. The zero-order valence-corrected chi connectivity index (χ0v) is 12.0. The van der Waals surface area contributed by atoms with E-state index >= 15 is 0 Å². The van der Waals surface area contributed by atoms with Gasteiger partial charge in [-0.05, 0) is 55.7 Å². The summed E-state index contributed by atoms with van der Waals surface area (Å²) in [7, 11) is 0. The summed E-state index contributed by atoms with van der Waals surface area (Å²) in [5, 5.41) is 7.71. The summed E-state index contributed by atoms with van der Waals surface area (Å²) < 4.78 is 0. The van der Waals surface area contributed by atoms with Gasteiger partial charge in [0.05, 0.1) is 0 Å². The Morgan fingerprint density at radius 1 is 1.29 bits per heavy atom. The summed E-state index contributed by atoms with van der Waals surface area (Å²) in [5.74, 6) is 0.792. The molecule has 2 aliphatic carbocycles. The molecule has 0 aromatic rings. The summed E-state index contributed by atoms with van der Waals surface area (Å²) in [5.41, 5.74) is 0.517. The topological polar surface area (TPSA) is 24.1 Å². The monoisotopic (exact) mass is 254 g/mol. The zero-order valence-electron chi connectivity index (χ0n) is 11.2. The van der Waals surface area contributed by atoms with Gasteiger partial charge < -0.3 is 10.6 Å². The van der Waals surface area contributed by atoms with E-state index in [1.54, 1.807) is 0 Å². The maximum absolute atomic E-state index is 5.35. The van der Waals surface area contributed by atoms with Crippen LogP contribution in [0.4, 0.5) is 0 Å². The maximum atomic E-state index is 5.35. The molecule has 2 N–H and O–H groups in total. The third kappa shape index (κ3) is 4.13. The van der Waals surface area contributed by atoms with Gasteiger partial charge in [-0.15, -0.1) is 0 Å². The molecule has 17 heavy (non-hydrogen) atoms. The molecule has 0 unspecified atom stereocenters. The SMILES string of the molecule is CC(C)CC1(CNC(=S)NC2CC2)CCCC1. The molecule has 3 heteroatoms. The van der Waals surface area contributed by atoms with Gasteiger partial charge in [-0.2, -0.15) is 0 Å². The van der Waals surface area contributed by atoms with Gasteiger partial charge in [0.1, 0.15) is 0 Å². The summed E-state index contributed by atoms with van der Waals surface area (Å²) in [6.07, 6.45) is 9.48. The summed E-state index contributed by atoms with van der Waals surface area (Å²) in [4.78, 5) is 0. The lowest BCUT2D eigenvalue weighted by Crippen LogP contribution is -2.42. The molecular formula is C14H26N2S. The molecule has 2 fully saturated rings. The first-order chi connectivity index (χ1) is 8.10. The molecule has 2 rings (SSSR count). The second-order valence-electron chi connectivity index (χ2n) is 6.41. The molecule has 0 saturated heterocycles. The second kappa shape index (κ2) is 5.55. The molecule has 0 aromatic heterocycles. The minimum Gasteiger partial charge on any atom is -0.362 e. The average Bonchev–Trinajstić information content (AvgIpc) is 2.94. The number of thiocarbonyl (C=S) groups is 1. The van der Waals surface area contributed by atoms with Crippen LogP contribution in [-0.2, 0) is 0 Å². The minimum absolute atomic E-state index is 0.517. The Morgan fingerprint density at radius 3 is 2.47 bits per heavy atom. The Labute approximate surface area is 111 Å². The predicted molar refractivity (Wildman–Crippen MR) is 77.1 cm³/mol. The summed E-state index contributed by atoms with van der Waals surface area (Å²) in [6.45, 7) is 5.74. The first kappa shape index (κ1) is 13.1. The lowest BCUT2D eigenvalue weighted by atomic mass is 9.78. The van der Waals surface area contributed by atoms with Gasteiger partial charge in [0.15, 0.2) is 5.11 Å². The van der Waals surface area contributed by atoms with E-state index in [1.807, 2.05) is 0 Å². The number of rotatable bonds is 5. The van der Waals surface area contributed by atoms with E-state index in [4.69, 9.17) is 12.2 Å². The zero-order chi connectivity index (χ0) is 12.3. The number of hydrogen-bond donors (Lipinski definition) is 2. The average molecular weight is 254 g/mol. The van der Waals surface area contributed by atoms with E-state index in [0.29, 0.717) is 11.5 Å². The second-order valence-corrected chi connectivity index (χ2v) is 6.81. The Bertz CT molecular complexity index is 265. The van der Waals surface area contributed by atoms with Crippen molar-refractivity contribution in [3.05, 3.63) is 0 Å². The smallest absolute Gasteiger partial charge is 0.166 e. The van der Waals surface area contributed by atoms with Crippen molar-refractivity contribution in [2.24, 2.45) is 11.3 Å². The third-order valence-electron chi connectivity index (χ3n) is 4.04. The van der Waals surface area contributed by atoms with Gasteiger partial charge in [0.2, 0.25) is 0 Å². The maximum Gasteiger partial charge on any atom is 0.166 e. The standard InChI is InChI=1S/C14H26N2S/c1-11(2)9-14(7-3-4-8-14)10-15-13(17)16-12-5-6-12/h11-12H,3-10H2,1-2H3,(H2,15,16,17). The normalized spacial score (nSPS) is 22.8. The molecule has 0 aliphatic heterocycles. The van der Waals surface area contributed by atoms with Crippen molar-refractivity contribution in [1.82, 2.24) is 10.6 Å². The minimum atomic E-state index is 0.517. The van der Waals surface area contributed by atoms with E-state index < -0.39 is 0 Å². The fourth-order valence-electron chi connectivity index (χ4n) is 3.18. The Balaban J connectivity index is 1.78. The van der Waals surface area contributed by atoms with Crippen LogP contribution in [0.2, 0.25) is 0 Å². The van der Waals surface area contributed by atoms with Crippen molar-refractivity contribution in [2.75, 3.05) is 6.54 Å². The fraction of sp³-hybridized carbons (Fsp3) is 0.929. The van der Waals surface area contributed by atoms with Crippen molar-refractivity contribution in [3.63, 3.8) is 0 Å². The quantitative estimate of drug-likeness (QED) is 0.737. The van der Waals surface area contributed by atoms with Crippen molar-refractivity contribution >= 4 is 17.3 Å². The molecular weight excluding hydrogens is 228 g/mol. The summed E-state index contributed by atoms with van der Waals surface area (Å²) in [6, 6.07) is 0.666. The van der Waals surface area contributed by atoms with Gasteiger partial charge in [0, 0.05) is 12.6 Å². The summed E-state index contributed by atoms with van der Waals surface area (Å²) >= 11 is 5.35. The Hall–Kier alpha value is -0.310. The van der Waals surface area contributed by atoms with Crippen molar-refractivity contribution in [3.8, 4) is 0 Å². The molecule has 98 valence electrons. The van der Waals surface area contributed by atoms with Gasteiger partial charge in [-0.25, -0.2) is 0 Å². The van der Waals surface area contributed by atoms with E-state index in [-0.39, 0.29) is 0 Å². The molecule has 2 aliphatic rings. The van der Waals surface area contributed by atoms with Gasteiger partial charge in [0.25, 0.3) is 0 Å². The molecule has 0 amide bonds.